The van der Waals surface area contributed by atoms with Gasteiger partial charge >= 0.3 is 0 Å². The van der Waals surface area contributed by atoms with Crippen molar-refractivity contribution < 1.29 is 13.2 Å². The number of rotatable bonds is 6. The summed E-state index contributed by atoms with van der Waals surface area (Å²) in [6, 6.07) is 4.42. The lowest BCUT2D eigenvalue weighted by Gasteiger charge is -2.11. The zero-order chi connectivity index (χ0) is 14.6. The number of nitrogens with one attached hydrogen (secondary N) is 2. The van der Waals surface area contributed by atoms with E-state index < -0.39 is 10.0 Å². The van der Waals surface area contributed by atoms with Gasteiger partial charge in [-0.05, 0) is 12.1 Å². The quantitative estimate of drug-likeness (QED) is 0.673. The molecule has 0 atom stereocenters. The third-order valence-electron chi connectivity index (χ3n) is 2.72. The predicted molar refractivity (Wildman–Crippen MR) is 74.9 cm³/mol. The monoisotopic (exact) mass is 296 g/mol. The molecule has 0 aliphatic carbocycles. The molecule has 0 fully saturated rings. The zero-order valence-corrected chi connectivity index (χ0v) is 11.8. The van der Waals surface area contributed by atoms with E-state index in [0.717, 1.165) is 5.69 Å². The molecule has 2 rings (SSSR count). The molecule has 0 amide bonds. The first-order valence-electron chi connectivity index (χ1n) is 5.93. The molecule has 0 saturated carbocycles. The molecule has 7 nitrogen and oxygen atoms in total. The third kappa shape index (κ3) is 3.28. The van der Waals surface area contributed by atoms with E-state index in [9.17, 15) is 8.42 Å². The molecule has 1 aromatic heterocycles. The van der Waals surface area contributed by atoms with Gasteiger partial charge in [0.05, 0.1) is 13.4 Å². The average Bonchev–Trinajstić information content (AvgIpc) is 2.91. The van der Waals surface area contributed by atoms with Crippen LogP contribution in [0.5, 0.6) is 5.75 Å². The molecule has 0 saturated heterocycles. The molecule has 4 N–H and O–H groups in total. The molecule has 108 valence electrons. The van der Waals surface area contributed by atoms with Crippen molar-refractivity contribution in [3.63, 3.8) is 0 Å². The first kappa shape index (κ1) is 14.4. The number of imidazole rings is 1. The van der Waals surface area contributed by atoms with Gasteiger partial charge in [0.2, 0.25) is 10.0 Å². The van der Waals surface area contributed by atoms with Gasteiger partial charge in [0.1, 0.15) is 10.6 Å². The second-order valence-corrected chi connectivity index (χ2v) is 5.87. The van der Waals surface area contributed by atoms with Gasteiger partial charge in [-0.3, -0.25) is 0 Å². The van der Waals surface area contributed by atoms with E-state index in [1.807, 2.05) is 0 Å². The van der Waals surface area contributed by atoms with Crippen molar-refractivity contribution in [2.75, 3.05) is 19.4 Å². The number of methoxy groups -OCH3 is 1. The summed E-state index contributed by atoms with van der Waals surface area (Å²) in [6.45, 7) is 0.262. The maximum atomic E-state index is 12.2. The van der Waals surface area contributed by atoms with Crippen LogP contribution in [-0.4, -0.2) is 32.0 Å². The van der Waals surface area contributed by atoms with E-state index in [2.05, 4.69) is 14.7 Å². The van der Waals surface area contributed by atoms with Crippen molar-refractivity contribution in [1.82, 2.24) is 14.7 Å². The minimum atomic E-state index is -3.64. The summed E-state index contributed by atoms with van der Waals surface area (Å²) >= 11 is 0. The van der Waals surface area contributed by atoms with Gasteiger partial charge in [0.25, 0.3) is 0 Å². The van der Waals surface area contributed by atoms with Gasteiger partial charge in [-0.2, -0.15) is 0 Å². The summed E-state index contributed by atoms with van der Waals surface area (Å²) in [5.41, 5.74) is 6.91. The Morgan fingerprint density at radius 2 is 2.25 bits per heavy atom. The number of anilines is 1. The highest BCUT2D eigenvalue weighted by Gasteiger charge is 2.19. The van der Waals surface area contributed by atoms with Gasteiger partial charge in [-0.25, -0.2) is 18.1 Å². The number of nitrogens with zero attached hydrogens (tertiary/aromatic N) is 1. The third-order valence-corrected chi connectivity index (χ3v) is 4.22. The van der Waals surface area contributed by atoms with E-state index in [1.165, 1.54) is 25.3 Å². The summed E-state index contributed by atoms with van der Waals surface area (Å²) in [5, 5.41) is 0. The van der Waals surface area contributed by atoms with Crippen LogP contribution in [0.3, 0.4) is 0 Å². The molecular formula is C12H16N4O3S. The van der Waals surface area contributed by atoms with Gasteiger partial charge in [0, 0.05) is 36.6 Å². The fraction of sp³-hybridized carbons (Fsp3) is 0.250. The lowest BCUT2D eigenvalue weighted by Crippen LogP contribution is -2.26. The van der Waals surface area contributed by atoms with Crippen LogP contribution < -0.4 is 15.2 Å². The number of nitrogens with two attached hydrogens (primary N) is 1. The molecule has 0 aliphatic heterocycles. The second kappa shape index (κ2) is 5.93. The molecule has 1 heterocycles. The van der Waals surface area contributed by atoms with Crippen LogP contribution in [0, 0.1) is 0 Å². The SMILES string of the molecule is COc1cc(N)ccc1S(=O)(=O)NCCc1cnc[nH]1. The number of aromatic amines is 1. The molecule has 0 bridgehead atoms. The molecule has 0 aliphatic rings. The lowest BCUT2D eigenvalue weighted by molar-refractivity contribution is 0.402. The average molecular weight is 296 g/mol. The molecular weight excluding hydrogens is 280 g/mol. The van der Waals surface area contributed by atoms with Crippen LogP contribution in [0.1, 0.15) is 5.69 Å². The van der Waals surface area contributed by atoms with Crippen molar-refractivity contribution in [3.8, 4) is 5.75 Å². The van der Waals surface area contributed by atoms with Crippen molar-refractivity contribution in [1.29, 1.82) is 0 Å². The fourth-order valence-corrected chi connectivity index (χ4v) is 2.91. The topological polar surface area (TPSA) is 110 Å². The largest absolute Gasteiger partial charge is 0.495 e. The Hall–Kier alpha value is -2.06. The minimum Gasteiger partial charge on any atom is -0.495 e. The Bertz CT molecular complexity index is 668. The maximum absolute atomic E-state index is 12.2. The van der Waals surface area contributed by atoms with Crippen molar-refractivity contribution >= 4 is 15.7 Å². The maximum Gasteiger partial charge on any atom is 0.244 e. The van der Waals surface area contributed by atoms with Gasteiger partial charge in [-0.15, -0.1) is 0 Å². The molecule has 1 aromatic carbocycles. The highest BCUT2D eigenvalue weighted by molar-refractivity contribution is 7.89. The normalized spacial score (nSPS) is 11.4. The molecule has 0 radical (unpaired) electrons. The van der Waals surface area contributed by atoms with Crippen LogP contribution in [0.25, 0.3) is 0 Å². The molecule has 0 spiro atoms. The summed E-state index contributed by atoms with van der Waals surface area (Å²) in [7, 11) is -2.24. The zero-order valence-electron chi connectivity index (χ0n) is 11.0. The van der Waals surface area contributed by atoms with Gasteiger partial charge < -0.3 is 15.5 Å². The number of aromatic nitrogens is 2. The Morgan fingerprint density at radius 3 is 2.90 bits per heavy atom. The smallest absolute Gasteiger partial charge is 0.244 e. The first-order valence-corrected chi connectivity index (χ1v) is 7.41. The van der Waals surface area contributed by atoms with Crippen molar-refractivity contribution in [3.05, 3.63) is 36.4 Å². The van der Waals surface area contributed by atoms with Crippen LogP contribution in [0.4, 0.5) is 5.69 Å². The Morgan fingerprint density at radius 1 is 1.45 bits per heavy atom. The summed E-state index contributed by atoms with van der Waals surface area (Å²) in [5.74, 6) is 0.221. The number of sulfonamides is 1. The van der Waals surface area contributed by atoms with Gasteiger partial charge in [0.15, 0.2) is 0 Å². The van der Waals surface area contributed by atoms with Gasteiger partial charge in [-0.1, -0.05) is 0 Å². The number of benzene rings is 1. The first-order chi connectivity index (χ1) is 9.53. The highest BCUT2D eigenvalue weighted by Crippen LogP contribution is 2.25. The highest BCUT2D eigenvalue weighted by atomic mass is 32.2. The Balaban J connectivity index is 2.10. The molecule has 8 heteroatoms. The lowest BCUT2D eigenvalue weighted by atomic mass is 10.3. The summed E-state index contributed by atoms with van der Waals surface area (Å²) < 4.78 is 31.9. The Kier molecular flexibility index (Phi) is 4.26. The number of hydrogen-bond donors (Lipinski definition) is 3. The summed E-state index contributed by atoms with van der Waals surface area (Å²) in [6.07, 6.45) is 3.72. The Labute approximate surface area is 117 Å². The minimum absolute atomic E-state index is 0.0683. The number of hydrogen-bond acceptors (Lipinski definition) is 5. The molecule has 20 heavy (non-hydrogen) atoms. The standard InChI is InChI=1S/C12H16N4O3S/c1-19-11-6-9(13)2-3-12(11)20(17,18)16-5-4-10-7-14-8-15-10/h2-3,6-8,16H,4-5,13H2,1H3,(H,14,15). The van der Waals surface area contributed by atoms with Crippen LogP contribution in [-0.2, 0) is 16.4 Å². The molecule has 2 aromatic rings. The van der Waals surface area contributed by atoms with Crippen molar-refractivity contribution in [2.45, 2.75) is 11.3 Å². The number of H-pyrrole nitrogens is 1. The summed E-state index contributed by atoms with van der Waals surface area (Å²) in [4.78, 5) is 6.84. The van der Waals surface area contributed by atoms with E-state index in [4.69, 9.17) is 10.5 Å². The fourth-order valence-electron chi connectivity index (χ4n) is 1.73. The van der Waals surface area contributed by atoms with E-state index >= 15 is 0 Å². The van der Waals surface area contributed by atoms with E-state index in [-0.39, 0.29) is 17.2 Å². The van der Waals surface area contributed by atoms with E-state index in [0.29, 0.717) is 12.1 Å². The predicted octanol–water partition coefficient (Wildman–Crippen LogP) is 0.521. The van der Waals surface area contributed by atoms with E-state index in [1.54, 1.807) is 12.5 Å². The number of ether oxygens (including phenoxy) is 1. The van der Waals surface area contributed by atoms with Crippen LogP contribution in [0.15, 0.2) is 35.6 Å². The van der Waals surface area contributed by atoms with Crippen LogP contribution in [0.2, 0.25) is 0 Å². The number of nitrogen functional groups attached to an aromatic ring is 1. The van der Waals surface area contributed by atoms with Crippen molar-refractivity contribution in [2.24, 2.45) is 0 Å². The molecule has 0 unspecified atom stereocenters. The second-order valence-electron chi connectivity index (χ2n) is 4.13. The van der Waals surface area contributed by atoms with Crippen LogP contribution >= 0.6 is 0 Å².